The summed E-state index contributed by atoms with van der Waals surface area (Å²) in [5.41, 5.74) is 7.82. The molecule has 0 aliphatic carbocycles. The molecular formula is C15H24N2O. The summed E-state index contributed by atoms with van der Waals surface area (Å²) in [6.45, 7) is 4.81. The number of hydrogen-bond acceptors (Lipinski definition) is 2. The zero-order valence-electron chi connectivity index (χ0n) is 11.4. The number of aryl methyl sites for hydroxylation is 1. The molecule has 0 saturated carbocycles. The minimum absolute atomic E-state index is 0.0770. The maximum absolute atomic E-state index is 11.8. The van der Waals surface area contributed by atoms with Crippen molar-refractivity contribution in [2.45, 2.75) is 45.6 Å². The van der Waals surface area contributed by atoms with Gasteiger partial charge in [0.2, 0.25) is 5.91 Å². The van der Waals surface area contributed by atoms with E-state index in [4.69, 9.17) is 5.73 Å². The zero-order valence-corrected chi connectivity index (χ0v) is 11.4. The first kappa shape index (κ1) is 14.7. The van der Waals surface area contributed by atoms with Gasteiger partial charge >= 0.3 is 0 Å². The van der Waals surface area contributed by atoms with Crippen molar-refractivity contribution in [1.29, 1.82) is 0 Å². The smallest absolute Gasteiger partial charge is 0.220 e. The van der Waals surface area contributed by atoms with E-state index >= 15 is 0 Å². The molecule has 0 aliphatic rings. The van der Waals surface area contributed by atoms with Crippen LogP contribution in [0.4, 0.5) is 0 Å². The third-order valence-corrected chi connectivity index (χ3v) is 3.14. The number of hydrogen-bond donors (Lipinski definition) is 2. The lowest BCUT2D eigenvalue weighted by atomic mass is 10.0. The summed E-state index contributed by atoms with van der Waals surface area (Å²) in [7, 11) is 0. The van der Waals surface area contributed by atoms with Crippen molar-refractivity contribution in [3.63, 3.8) is 0 Å². The fourth-order valence-electron chi connectivity index (χ4n) is 2.07. The maximum Gasteiger partial charge on any atom is 0.220 e. The fraction of sp³-hybridized carbons (Fsp3) is 0.533. The van der Waals surface area contributed by atoms with Crippen LogP contribution in [-0.4, -0.2) is 12.5 Å². The minimum Gasteiger partial charge on any atom is -0.350 e. The van der Waals surface area contributed by atoms with Gasteiger partial charge in [0.25, 0.3) is 0 Å². The van der Waals surface area contributed by atoms with Gasteiger partial charge in [0.1, 0.15) is 0 Å². The Labute approximate surface area is 110 Å². The summed E-state index contributed by atoms with van der Waals surface area (Å²) >= 11 is 0. The largest absolute Gasteiger partial charge is 0.350 e. The molecule has 1 amide bonds. The van der Waals surface area contributed by atoms with Crippen LogP contribution >= 0.6 is 0 Å². The number of benzene rings is 1. The van der Waals surface area contributed by atoms with E-state index in [-0.39, 0.29) is 11.9 Å². The molecule has 3 nitrogen and oxygen atoms in total. The number of unbranched alkanes of at least 4 members (excludes halogenated alkanes) is 2. The van der Waals surface area contributed by atoms with E-state index < -0.39 is 0 Å². The lowest BCUT2D eigenvalue weighted by molar-refractivity contribution is -0.121. The van der Waals surface area contributed by atoms with Crippen LogP contribution in [0, 0.1) is 6.92 Å². The van der Waals surface area contributed by atoms with Gasteiger partial charge in [0.05, 0.1) is 6.04 Å². The van der Waals surface area contributed by atoms with Crippen molar-refractivity contribution >= 4 is 5.91 Å². The Morgan fingerprint density at radius 3 is 2.67 bits per heavy atom. The molecule has 100 valence electrons. The molecule has 0 radical (unpaired) electrons. The average Bonchev–Trinajstić information content (AvgIpc) is 2.35. The molecule has 0 spiro atoms. The third kappa shape index (κ3) is 4.88. The van der Waals surface area contributed by atoms with Crippen molar-refractivity contribution in [2.24, 2.45) is 5.73 Å². The Hall–Kier alpha value is -1.35. The van der Waals surface area contributed by atoms with Gasteiger partial charge in [-0.3, -0.25) is 4.79 Å². The summed E-state index contributed by atoms with van der Waals surface area (Å²) in [5, 5.41) is 3.04. The van der Waals surface area contributed by atoms with Crippen LogP contribution in [0.5, 0.6) is 0 Å². The lowest BCUT2D eigenvalue weighted by Gasteiger charge is -2.16. The number of nitrogens with one attached hydrogen (secondary N) is 1. The van der Waals surface area contributed by atoms with Gasteiger partial charge < -0.3 is 11.1 Å². The summed E-state index contributed by atoms with van der Waals surface area (Å²) in [4.78, 5) is 11.8. The van der Waals surface area contributed by atoms with Crippen molar-refractivity contribution in [3.05, 3.63) is 35.4 Å². The Morgan fingerprint density at radius 2 is 2.00 bits per heavy atom. The van der Waals surface area contributed by atoms with Gasteiger partial charge in [-0.25, -0.2) is 0 Å². The molecule has 0 fully saturated rings. The zero-order chi connectivity index (χ0) is 13.4. The van der Waals surface area contributed by atoms with E-state index in [1.807, 2.05) is 19.1 Å². The highest BCUT2D eigenvalue weighted by Crippen LogP contribution is 2.16. The van der Waals surface area contributed by atoms with Crippen LogP contribution in [-0.2, 0) is 4.79 Å². The highest BCUT2D eigenvalue weighted by molar-refractivity contribution is 5.76. The molecule has 0 bridgehead atoms. The van der Waals surface area contributed by atoms with E-state index in [1.165, 1.54) is 11.1 Å². The average molecular weight is 248 g/mol. The topological polar surface area (TPSA) is 55.1 Å². The highest BCUT2D eigenvalue weighted by Gasteiger charge is 2.10. The fourth-order valence-corrected chi connectivity index (χ4v) is 2.07. The van der Waals surface area contributed by atoms with Gasteiger partial charge in [0, 0.05) is 6.42 Å². The number of nitrogens with two attached hydrogens (primary N) is 1. The van der Waals surface area contributed by atoms with Crippen LogP contribution in [0.15, 0.2) is 24.3 Å². The van der Waals surface area contributed by atoms with Crippen LogP contribution in [0.25, 0.3) is 0 Å². The quantitative estimate of drug-likeness (QED) is 0.729. The maximum atomic E-state index is 11.8. The Morgan fingerprint density at radius 1 is 1.28 bits per heavy atom. The molecule has 3 N–H and O–H groups in total. The Balaban J connectivity index is 2.38. The molecule has 1 aromatic rings. The van der Waals surface area contributed by atoms with Gasteiger partial charge in [-0.05, 0) is 44.4 Å². The number of carbonyl (C=O) groups excluding carboxylic acids is 1. The van der Waals surface area contributed by atoms with Gasteiger partial charge in [-0.1, -0.05) is 30.7 Å². The van der Waals surface area contributed by atoms with E-state index in [1.54, 1.807) is 0 Å². The molecule has 18 heavy (non-hydrogen) atoms. The molecule has 0 saturated heterocycles. The van der Waals surface area contributed by atoms with Crippen molar-refractivity contribution < 1.29 is 4.79 Å². The molecule has 0 heterocycles. The molecule has 1 aromatic carbocycles. The molecule has 0 aliphatic heterocycles. The Kier molecular flexibility index (Phi) is 6.44. The molecule has 1 atom stereocenters. The van der Waals surface area contributed by atoms with Crippen molar-refractivity contribution in [2.75, 3.05) is 6.54 Å². The van der Waals surface area contributed by atoms with Crippen LogP contribution < -0.4 is 11.1 Å². The number of carbonyl (C=O) groups is 1. The van der Waals surface area contributed by atoms with Crippen LogP contribution in [0.2, 0.25) is 0 Å². The summed E-state index contributed by atoms with van der Waals surface area (Å²) in [6, 6.07) is 8.23. The highest BCUT2D eigenvalue weighted by atomic mass is 16.1. The van der Waals surface area contributed by atoms with Crippen molar-refractivity contribution in [3.8, 4) is 0 Å². The Bertz CT molecular complexity index is 377. The van der Waals surface area contributed by atoms with Crippen molar-refractivity contribution in [1.82, 2.24) is 5.32 Å². The number of rotatable bonds is 7. The first-order chi connectivity index (χ1) is 8.65. The van der Waals surface area contributed by atoms with Crippen LogP contribution in [0.1, 0.15) is 49.8 Å². The second-order valence-electron chi connectivity index (χ2n) is 4.75. The lowest BCUT2D eigenvalue weighted by Crippen LogP contribution is -2.26. The predicted molar refractivity (Wildman–Crippen MR) is 75.3 cm³/mol. The first-order valence-electron chi connectivity index (χ1n) is 6.70. The molecule has 3 heteroatoms. The SMILES string of the molecule is Cc1ccccc1[C@H](C)NC(=O)CCCCCN. The molecule has 1 rings (SSSR count). The third-order valence-electron chi connectivity index (χ3n) is 3.14. The standard InChI is InChI=1S/C15H24N2O/c1-12-8-5-6-9-14(12)13(2)17-15(18)10-4-3-7-11-16/h5-6,8-9,13H,3-4,7,10-11,16H2,1-2H3,(H,17,18)/t13-/m0/s1. The first-order valence-corrected chi connectivity index (χ1v) is 6.70. The summed E-state index contributed by atoms with van der Waals surface area (Å²) < 4.78 is 0. The van der Waals surface area contributed by atoms with E-state index in [0.717, 1.165) is 19.3 Å². The normalized spacial score (nSPS) is 12.2. The van der Waals surface area contributed by atoms with E-state index in [9.17, 15) is 4.79 Å². The predicted octanol–water partition coefficient (Wildman–Crippen LogP) is 2.69. The number of amides is 1. The minimum atomic E-state index is 0.0770. The van der Waals surface area contributed by atoms with Gasteiger partial charge in [-0.15, -0.1) is 0 Å². The summed E-state index contributed by atoms with van der Waals surface area (Å²) in [6.07, 6.45) is 3.54. The van der Waals surface area contributed by atoms with Crippen LogP contribution in [0.3, 0.4) is 0 Å². The molecular weight excluding hydrogens is 224 g/mol. The van der Waals surface area contributed by atoms with E-state index in [0.29, 0.717) is 13.0 Å². The molecule has 0 unspecified atom stereocenters. The monoisotopic (exact) mass is 248 g/mol. The molecule has 0 aromatic heterocycles. The van der Waals surface area contributed by atoms with Gasteiger partial charge in [0.15, 0.2) is 0 Å². The van der Waals surface area contributed by atoms with Gasteiger partial charge in [-0.2, -0.15) is 0 Å². The second-order valence-corrected chi connectivity index (χ2v) is 4.75. The second kappa shape index (κ2) is 7.88. The van der Waals surface area contributed by atoms with E-state index in [2.05, 4.69) is 24.4 Å². The summed E-state index contributed by atoms with van der Waals surface area (Å²) in [5.74, 6) is 0.128.